The molecule has 0 bridgehead atoms. The summed E-state index contributed by atoms with van der Waals surface area (Å²) in [6.07, 6.45) is 5.35. The van der Waals surface area contributed by atoms with E-state index in [-0.39, 0.29) is 6.04 Å². The Hall–Kier alpha value is -0.670. The van der Waals surface area contributed by atoms with E-state index in [2.05, 4.69) is 29.3 Å². The van der Waals surface area contributed by atoms with Crippen molar-refractivity contribution in [1.82, 2.24) is 4.90 Å². The first-order valence-electron chi connectivity index (χ1n) is 6.60. The zero-order valence-electron chi connectivity index (χ0n) is 10.5. The maximum absolute atomic E-state index is 12.1. The molecule has 0 aliphatic heterocycles. The number of thiophene rings is 1. The Morgan fingerprint density at radius 2 is 2.29 bits per heavy atom. The Morgan fingerprint density at radius 1 is 1.41 bits per heavy atom. The third-order valence-electron chi connectivity index (χ3n) is 3.56. The predicted octanol–water partition coefficient (Wildman–Crippen LogP) is 3.47. The largest absolute Gasteiger partial charge is 0.298 e. The van der Waals surface area contributed by atoms with Gasteiger partial charge >= 0.3 is 0 Å². The molecule has 1 aliphatic carbocycles. The van der Waals surface area contributed by atoms with Gasteiger partial charge in [-0.2, -0.15) is 0 Å². The van der Waals surface area contributed by atoms with Gasteiger partial charge in [0.2, 0.25) is 0 Å². The van der Waals surface area contributed by atoms with Crippen LogP contribution >= 0.6 is 11.3 Å². The number of nitrogens with zero attached hydrogens (tertiary/aromatic N) is 1. The lowest BCUT2D eigenvalue weighted by molar-refractivity contribution is -0.124. The number of likely N-dealkylation sites (N-methyl/N-ethyl adjacent to an activating group) is 1. The van der Waals surface area contributed by atoms with E-state index >= 15 is 0 Å². The molecule has 2 nitrogen and oxygen atoms in total. The van der Waals surface area contributed by atoms with Crippen LogP contribution in [0, 0.1) is 0 Å². The average molecular weight is 251 g/mol. The van der Waals surface area contributed by atoms with Gasteiger partial charge in [-0.3, -0.25) is 9.69 Å². The molecule has 1 saturated carbocycles. The SMILES string of the molecule is CCN(Cc1cccs1)C1CCCCCC1=O. The minimum atomic E-state index is 0.171. The van der Waals surface area contributed by atoms with E-state index < -0.39 is 0 Å². The monoisotopic (exact) mass is 251 g/mol. The van der Waals surface area contributed by atoms with E-state index in [0.717, 1.165) is 32.4 Å². The molecule has 94 valence electrons. The second-order valence-electron chi connectivity index (χ2n) is 4.72. The topological polar surface area (TPSA) is 20.3 Å². The third-order valence-corrected chi connectivity index (χ3v) is 4.42. The second kappa shape index (κ2) is 6.31. The normalized spacial score (nSPS) is 21.8. The molecule has 0 amide bonds. The minimum absolute atomic E-state index is 0.171. The van der Waals surface area contributed by atoms with Gasteiger partial charge in [0.15, 0.2) is 0 Å². The van der Waals surface area contributed by atoms with Crippen LogP contribution in [0.15, 0.2) is 17.5 Å². The summed E-state index contributed by atoms with van der Waals surface area (Å²) in [5, 5.41) is 2.11. The summed E-state index contributed by atoms with van der Waals surface area (Å²) in [7, 11) is 0. The van der Waals surface area contributed by atoms with Crippen LogP contribution in [0.3, 0.4) is 0 Å². The van der Waals surface area contributed by atoms with Gasteiger partial charge in [-0.05, 0) is 30.8 Å². The number of Topliss-reactive ketones (excluding diaryl/α,β-unsaturated/α-hetero) is 1. The van der Waals surface area contributed by atoms with Gasteiger partial charge in [0.25, 0.3) is 0 Å². The lowest BCUT2D eigenvalue weighted by atomic mass is 10.1. The van der Waals surface area contributed by atoms with Gasteiger partial charge in [0.1, 0.15) is 5.78 Å². The molecule has 0 radical (unpaired) electrons. The van der Waals surface area contributed by atoms with Crippen molar-refractivity contribution >= 4 is 17.1 Å². The van der Waals surface area contributed by atoms with Crippen LogP contribution in [-0.2, 0) is 11.3 Å². The highest BCUT2D eigenvalue weighted by atomic mass is 32.1. The van der Waals surface area contributed by atoms with Gasteiger partial charge < -0.3 is 0 Å². The van der Waals surface area contributed by atoms with E-state index in [0.29, 0.717) is 5.78 Å². The van der Waals surface area contributed by atoms with Crippen molar-refractivity contribution < 1.29 is 4.79 Å². The number of ketones is 1. The molecule has 0 aromatic carbocycles. The van der Waals surface area contributed by atoms with Crippen LogP contribution in [0.4, 0.5) is 0 Å². The number of hydrogen-bond acceptors (Lipinski definition) is 3. The Kier molecular flexibility index (Phi) is 4.75. The van der Waals surface area contributed by atoms with E-state index in [1.165, 1.54) is 17.7 Å². The van der Waals surface area contributed by atoms with Crippen LogP contribution in [0.2, 0.25) is 0 Å². The highest BCUT2D eigenvalue weighted by molar-refractivity contribution is 7.09. The molecular weight excluding hydrogens is 230 g/mol. The van der Waals surface area contributed by atoms with Crippen molar-refractivity contribution in [1.29, 1.82) is 0 Å². The maximum Gasteiger partial charge on any atom is 0.149 e. The van der Waals surface area contributed by atoms with Gasteiger partial charge in [-0.15, -0.1) is 11.3 Å². The number of hydrogen-bond donors (Lipinski definition) is 0. The fourth-order valence-electron chi connectivity index (χ4n) is 2.57. The van der Waals surface area contributed by atoms with Gasteiger partial charge in [-0.1, -0.05) is 25.8 Å². The zero-order valence-corrected chi connectivity index (χ0v) is 11.3. The molecule has 1 aromatic rings. The number of carbonyl (C=O) groups excluding carboxylic acids is 1. The molecule has 1 aliphatic rings. The molecule has 0 N–H and O–H groups in total. The molecule has 1 fully saturated rings. The molecule has 1 atom stereocenters. The van der Waals surface area contributed by atoms with Gasteiger partial charge in [-0.25, -0.2) is 0 Å². The maximum atomic E-state index is 12.1. The molecule has 0 saturated heterocycles. The van der Waals surface area contributed by atoms with Crippen molar-refractivity contribution in [2.45, 2.75) is 51.6 Å². The molecule has 17 heavy (non-hydrogen) atoms. The Labute approximate surface area is 108 Å². The lowest BCUT2D eigenvalue weighted by Gasteiger charge is -2.28. The summed E-state index contributed by atoms with van der Waals surface area (Å²) in [4.78, 5) is 15.8. The van der Waals surface area contributed by atoms with E-state index in [4.69, 9.17) is 0 Å². The highest BCUT2D eigenvalue weighted by Gasteiger charge is 2.26. The van der Waals surface area contributed by atoms with Crippen LogP contribution in [0.25, 0.3) is 0 Å². The van der Waals surface area contributed by atoms with Crippen LogP contribution in [0.1, 0.15) is 43.9 Å². The zero-order chi connectivity index (χ0) is 12.1. The van der Waals surface area contributed by atoms with Gasteiger partial charge in [0, 0.05) is 17.8 Å². The molecular formula is C14H21NOS. The van der Waals surface area contributed by atoms with Crippen molar-refractivity contribution in [2.75, 3.05) is 6.54 Å². The van der Waals surface area contributed by atoms with Crippen molar-refractivity contribution in [3.63, 3.8) is 0 Å². The minimum Gasteiger partial charge on any atom is -0.298 e. The summed E-state index contributed by atoms with van der Waals surface area (Å²) >= 11 is 1.78. The second-order valence-corrected chi connectivity index (χ2v) is 5.76. The average Bonchev–Trinajstić information content (AvgIpc) is 2.75. The smallest absolute Gasteiger partial charge is 0.149 e. The molecule has 1 unspecified atom stereocenters. The molecule has 0 spiro atoms. The van der Waals surface area contributed by atoms with E-state index in [1.54, 1.807) is 11.3 Å². The molecule has 2 rings (SSSR count). The number of carbonyl (C=O) groups is 1. The molecule has 1 aromatic heterocycles. The predicted molar refractivity (Wildman–Crippen MR) is 72.3 cm³/mol. The standard InChI is InChI=1S/C14H21NOS/c1-2-15(11-12-7-6-10-17-12)13-8-4-3-5-9-14(13)16/h6-7,10,13H,2-5,8-9,11H2,1H3. The summed E-state index contributed by atoms with van der Waals surface area (Å²) in [6, 6.07) is 4.42. The first-order chi connectivity index (χ1) is 8.31. The summed E-state index contributed by atoms with van der Waals surface area (Å²) in [5.74, 6) is 0.459. The lowest BCUT2D eigenvalue weighted by Crippen LogP contribution is -2.39. The Balaban J connectivity index is 2.02. The Bertz CT molecular complexity index is 347. The quantitative estimate of drug-likeness (QED) is 0.764. The van der Waals surface area contributed by atoms with E-state index in [1.807, 2.05) is 0 Å². The Morgan fingerprint density at radius 3 is 3.00 bits per heavy atom. The van der Waals surface area contributed by atoms with Gasteiger partial charge in [0.05, 0.1) is 6.04 Å². The number of rotatable bonds is 4. The molecule has 3 heteroatoms. The van der Waals surface area contributed by atoms with Crippen molar-refractivity contribution in [2.24, 2.45) is 0 Å². The van der Waals surface area contributed by atoms with E-state index in [9.17, 15) is 4.79 Å². The molecule has 1 heterocycles. The highest BCUT2D eigenvalue weighted by Crippen LogP contribution is 2.22. The summed E-state index contributed by atoms with van der Waals surface area (Å²) in [6.45, 7) is 4.06. The van der Waals surface area contributed by atoms with Crippen molar-refractivity contribution in [3.8, 4) is 0 Å². The fraction of sp³-hybridized carbons (Fsp3) is 0.643. The fourth-order valence-corrected chi connectivity index (χ4v) is 3.30. The van der Waals surface area contributed by atoms with Crippen LogP contribution in [0.5, 0.6) is 0 Å². The van der Waals surface area contributed by atoms with Crippen LogP contribution < -0.4 is 0 Å². The van der Waals surface area contributed by atoms with Crippen LogP contribution in [-0.4, -0.2) is 23.3 Å². The summed E-state index contributed by atoms with van der Waals surface area (Å²) in [5.41, 5.74) is 0. The first kappa shape index (κ1) is 12.8. The summed E-state index contributed by atoms with van der Waals surface area (Å²) < 4.78 is 0. The first-order valence-corrected chi connectivity index (χ1v) is 7.48. The third kappa shape index (κ3) is 3.39. The van der Waals surface area contributed by atoms with Crippen molar-refractivity contribution in [3.05, 3.63) is 22.4 Å².